The lowest BCUT2D eigenvalue weighted by molar-refractivity contribution is 1.18. The van der Waals surface area contributed by atoms with E-state index in [0.717, 1.165) is 116 Å². The molecule has 30 rings (SSSR count). The minimum Gasteiger partial charge on any atom is -0.309 e. The average molecular weight is 1580 g/mol. The van der Waals surface area contributed by atoms with Gasteiger partial charge in [0.15, 0.2) is 16.9 Å². The van der Waals surface area contributed by atoms with Gasteiger partial charge in [0.05, 0.1) is 110 Å². The summed E-state index contributed by atoms with van der Waals surface area (Å²) in [5.41, 5.74) is 33.4. The molecule has 0 amide bonds. The highest BCUT2D eigenvalue weighted by atomic mass is 15.1. The highest BCUT2D eigenvalue weighted by molar-refractivity contribution is 6.39. The summed E-state index contributed by atoms with van der Waals surface area (Å²) in [6, 6.07) is 138. The zero-order chi connectivity index (χ0) is 80.7. The molecular formula is C112H64N12. The molecule has 0 atom stereocenters. The van der Waals surface area contributed by atoms with Crippen LogP contribution < -0.4 is 0 Å². The van der Waals surface area contributed by atoms with E-state index in [1.54, 1.807) is 0 Å². The number of para-hydroxylation sites is 12. The molecular weight excluding hydrogens is 1510 g/mol. The van der Waals surface area contributed by atoms with Gasteiger partial charge in [-0.3, -0.25) is 13.2 Å². The third-order valence-electron chi connectivity index (χ3n) is 26.2. The predicted octanol–water partition coefficient (Wildman–Crippen LogP) is 28.1. The molecule has 18 aromatic carbocycles. The van der Waals surface area contributed by atoms with E-state index < -0.39 is 0 Å². The van der Waals surface area contributed by atoms with Gasteiger partial charge in [-0.2, -0.15) is 0 Å². The van der Waals surface area contributed by atoms with Gasteiger partial charge in [0.25, 0.3) is 0 Å². The molecule has 12 nitrogen and oxygen atoms in total. The van der Waals surface area contributed by atoms with Crippen molar-refractivity contribution in [1.29, 1.82) is 0 Å². The molecule has 0 N–H and O–H groups in total. The monoisotopic (exact) mass is 1580 g/mol. The van der Waals surface area contributed by atoms with Crippen LogP contribution in [0.4, 0.5) is 0 Å². The van der Waals surface area contributed by atoms with Crippen molar-refractivity contribution in [2.24, 2.45) is 0 Å². The smallest absolute Gasteiger partial charge is 0.165 e. The first-order valence-corrected chi connectivity index (χ1v) is 42.2. The maximum atomic E-state index is 5.30. The van der Waals surface area contributed by atoms with Crippen LogP contribution in [0.5, 0.6) is 0 Å². The summed E-state index contributed by atoms with van der Waals surface area (Å²) in [5, 5.41) is 20.9. The molecule has 572 valence electrons. The summed E-state index contributed by atoms with van der Waals surface area (Å²) in [7, 11) is 0. The molecule has 0 spiro atoms. The van der Waals surface area contributed by atoms with Gasteiger partial charge in [-0.25, -0.2) is 29.9 Å². The Labute approximate surface area is 704 Å². The van der Waals surface area contributed by atoms with Gasteiger partial charge in [-0.1, -0.05) is 255 Å². The van der Waals surface area contributed by atoms with Crippen LogP contribution in [0, 0.1) is 0 Å². The number of nitrogens with zero attached hydrogens (tertiary/aromatic N) is 12. The largest absolute Gasteiger partial charge is 0.309 e. The van der Waals surface area contributed by atoms with Gasteiger partial charge in [0.2, 0.25) is 0 Å². The SMILES string of the molecule is c1ccc(-c2ccc(-n3c4ccccc4c4c5c6ccccc6n6c7nc8ccccc8nc7c(cc43)c56)cc2)cc1.c1ccc(-c2ccc3c(c2)c2cc4c5ccccc5n5c6nc7ccccc7nc6c(c2n3-c2ccccc2)c45)cc1.c1ccc(-n2c3ccc4ccccc4c3c3cc4c5ccccc5n5c6nc7ccccc7nc6c(c32)c45)cc1. The van der Waals surface area contributed by atoms with E-state index >= 15 is 0 Å². The number of hydrogen-bond acceptors (Lipinski definition) is 6. The molecule has 0 bridgehead atoms. The first-order chi connectivity index (χ1) is 61.6. The van der Waals surface area contributed by atoms with E-state index in [1.165, 1.54) is 147 Å². The van der Waals surface area contributed by atoms with Crippen molar-refractivity contribution < 1.29 is 0 Å². The molecule has 0 aliphatic carbocycles. The fraction of sp³-hybridized carbons (Fsp3) is 0. The van der Waals surface area contributed by atoms with E-state index in [1.807, 2.05) is 42.5 Å². The predicted molar refractivity (Wildman–Crippen MR) is 514 cm³/mol. The highest BCUT2D eigenvalue weighted by Gasteiger charge is 2.31. The van der Waals surface area contributed by atoms with Crippen molar-refractivity contribution in [1.82, 2.24) is 56.8 Å². The second-order valence-corrected chi connectivity index (χ2v) is 32.7. The van der Waals surface area contributed by atoms with Crippen LogP contribution in [-0.2, 0) is 0 Å². The Kier molecular flexibility index (Phi) is 13.7. The third kappa shape index (κ3) is 9.23. The lowest BCUT2D eigenvalue weighted by atomic mass is 10.0. The van der Waals surface area contributed by atoms with Crippen LogP contribution in [0.15, 0.2) is 388 Å². The highest BCUT2D eigenvalue weighted by Crippen LogP contribution is 2.52. The van der Waals surface area contributed by atoms with Crippen LogP contribution in [-0.4, -0.2) is 56.8 Å². The maximum absolute atomic E-state index is 5.30. The van der Waals surface area contributed by atoms with Crippen molar-refractivity contribution in [3.05, 3.63) is 388 Å². The Morgan fingerprint density at radius 2 is 0.524 bits per heavy atom. The van der Waals surface area contributed by atoms with Gasteiger partial charge in [0, 0.05) is 87.1 Å². The van der Waals surface area contributed by atoms with E-state index in [-0.39, 0.29) is 0 Å². The van der Waals surface area contributed by atoms with Gasteiger partial charge in [-0.15, -0.1) is 0 Å². The summed E-state index contributed by atoms with van der Waals surface area (Å²) < 4.78 is 14.3. The summed E-state index contributed by atoms with van der Waals surface area (Å²) >= 11 is 0. The molecule has 0 saturated heterocycles. The van der Waals surface area contributed by atoms with Crippen LogP contribution >= 0.6 is 0 Å². The van der Waals surface area contributed by atoms with Gasteiger partial charge in [-0.05, 0) is 166 Å². The Morgan fingerprint density at radius 1 is 0.161 bits per heavy atom. The summed E-state index contributed by atoms with van der Waals surface area (Å²) in [4.78, 5) is 31.4. The second kappa shape index (κ2) is 25.3. The summed E-state index contributed by atoms with van der Waals surface area (Å²) in [6.45, 7) is 0. The number of hydrogen-bond donors (Lipinski definition) is 0. The Hall–Kier alpha value is -17.0. The van der Waals surface area contributed by atoms with Crippen molar-refractivity contribution in [2.75, 3.05) is 0 Å². The van der Waals surface area contributed by atoms with Gasteiger partial charge in [0.1, 0.15) is 16.6 Å². The molecule has 0 saturated carbocycles. The Balaban J connectivity index is 0.0000000951. The fourth-order valence-corrected chi connectivity index (χ4v) is 21.1. The average Bonchev–Trinajstić information content (AvgIpc) is 1.52. The summed E-state index contributed by atoms with van der Waals surface area (Å²) in [5.74, 6) is 0. The zero-order valence-corrected chi connectivity index (χ0v) is 66.3. The first kappa shape index (κ1) is 67.0. The second-order valence-electron chi connectivity index (χ2n) is 32.7. The Morgan fingerprint density at radius 3 is 1.08 bits per heavy atom. The standard InChI is InChI=1S/2C38H22N4.C36H20N4/c1-3-11-23(12-4-1)24-19-20-33-27(21-24)29-22-28-26-15-7-10-18-32(26)42-37(28)34(36(29)41(33)25-13-5-2-6-14-25)35-38(42)40-31-17-9-8-16-30(31)39-35;1-2-10-23(11-3-1)24-18-20-25(21-19-24)41-31-16-8-4-12-26(31)34-33(41)22-28-36-38(40-30-15-7-6-14-29(30)39-36)42-32-17-9-5-13-27(32)35(34)37(28)42;1-2-11-22(12-3-1)39-30-19-18-21-10-4-5-13-23(21)31(30)26-20-25-24-14-6-9-17-29(24)40-34(25)32(35(26)39)33-36(40)38-28-16-8-7-15-27(28)37-33/h2*1-22H;1-20H. The quantitative estimate of drug-likeness (QED) is 0.170. The molecule has 0 aliphatic rings. The molecule has 12 heteroatoms. The number of aromatic nitrogens is 12. The van der Waals surface area contributed by atoms with E-state index in [4.69, 9.17) is 29.9 Å². The third-order valence-corrected chi connectivity index (χ3v) is 26.2. The molecule has 0 unspecified atom stereocenters. The van der Waals surface area contributed by atoms with E-state index in [9.17, 15) is 0 Å². The van der Waals surface area contributed by atoms with Crippen molar-refractivity contribution in [3.63, 3.8) is 0 Å². The molecule has 30 aromatic rings. The summed E-state index contributed by atoms with van der Waals surface area (Å²) in [6.07, 6.45) is 0. The lowest BCUT2D eigenvalue weighted by Crippen LogP contribution is -1.94. The molecule has 0 aliphatic heterocycles. The van der Waals surface area contributed by atoms with Gasteiger partial charge < -0.3 is 13.7 Å². The normalized spacial score (nSPS) is 12.4. The number of benzene rings is 18. The van der Waals surface area contributed by atoms with Crippen LogP contribution in [0.2, 0.25) is 0 Å². The van der Waals surface area contributed by atoms with Crippen molar-refractivity contribution >= 4 is 224 Å². The molecule has 12 heterocycles. The molecule has 0 fully saturated rings. The molecule has 12 aromatic heterocycles. The van der Waals surface area contributed by atoms with Crippen LogP contribution in [0.25, 0.3) is 264 Å². The van der Waals surface area contributed by atoms with Gasteiger partial charge >= 0.3 is 0 Å². The zero-order valence-electron chi connectivity index (χ0n) is 66.3. The first-order valence-electron chi connectivity index (χ1n) is 42.2. The maximum Gasteiger partial charge on any atom is 0.165 e. The number of fused-ring (bicyclic) bond motifs is 35. The lowest BCUT2D eigenvalue weighted by Gasteiger charge is -2.10. The van der Waals surface area contributed by atoms with Crippen LogP contribution in [0.1, 0.15) is 0 Å². The molecule has 0 radical (unpaired) electrons. The topological polar surface area (TPSA) is 105 Å². The fourth-order valence-electron chi connectivity index (χ4n) is 21.1. The van der Waals surface area contributed by atoms with Crippen molar-refractivity contribution in [3.8, 4) is 39.3 Å². The van der Waals surface area contributed by atoms with Crippen LogP contribution in [0.3, 0.4) is 0 Å². The van der Waals surface area contributed by atoms with E-state index in [2.05, 4.69) is 373 Å². The minimum atomic E-state index is 0.900. The molecule has 124 heavy (non-hydrogen) atoms. The Bertz CT molecular complexity index is 9750. The minimum absolute atomic E-state index is 0.900. The van der Waals surface area contributed by atoms with Crippen molar-refractivity contribution in [2.45, 2.75) is 0 Å². The van der Waals surface area contributed by atoms with E-state index in [0.29, 0.717) is 0 Å². The number of rotatable bonds is 5.